The molecule has 0 saturated carbocycles. The number of anilines is 1. The third kappa shape index (κ3) is 1.88. The number of nitrogens with zero attached hydrogens (tertiary/aromatic N) is 1. The molecule has 0 atom stereocenters. The summed E-state index contributed by atoms with van der Waals surface area (Å²) >= 11 is 3.51. The maximum atomic E-state index is 6.00. The van der Waals surface area contributed by atoms with Crippen LogP contribution in [-0.2, 0) is 6.42 Å². The fourth-order valence-corrected chi connectivity index (χ4v) is 2.78. The van der Waals surface area contributed by atoms with E-state index >= 15 is 0 Å². The molecule has 5 heteroatoms. The molecule has 3 rings (SSSR count). The third-order valence-corrected chi connectivity index (χ3v) is 3.39. The van der Waals surface area contributed by atoms with Crippen molar-refractivity contribution in [1.29, 1.82) is 0 Å². The van der Waals surface area contributed by atoms with Gasteiger partial charge < -0.3 is 15.0 Å². The van der Waals surface area contributed by atoms with Crippen LogP contribution in [0.5, 0.6) is 5.75 Å². The second-order valence-corrected chi connectivity index (χ2v) is 6.01. The molecule has 1 aliphatic heterocycles. The highest BCUT2D eigenvalue weighted by molar-refractivity contribution is 9.10. The molecule has 2 heterocycles. The van der Waals surface area contributed by atoms with E-state index in [1.807, 2.05) is 6.07 Å². The van der Waals surface area contributed by atoms with Gasteiger partial charge >= 0.3 is 0 Å². The molecule has 1 aliphatic rings. The topological polar surface area (TPSA) is 61.3 Å². The highest BCUT2D eigenvalue weighted by Crippen LogP contribution is 2.43. The van der Waals surface area contributed by atoms with Gasteiger partial charge in [-0.2, -0.15) is 0 Å². The molecule has 0 saturated heterocycles. The van der Waals surface area contributed by atoms with Gasteiger partial charge in [-0.3, -0.25) is 0 Å². The maximum absolute atomic E-state index is 6.00. The van der Waals surface area contributed by atoms with Crippen molar-refractivity contribution in [3.8, 4) is 17.0 Å². The highest BCUT2D eigenvalue weighted by atomic mass is 79.9. The number of hydrogen-bond acceptors (Lipinski definition) is 4. The van der Waals surface area contributed by atoms with Gasteiger partial charge in [0.15, 0.2) is 0 Å². The number of hydrogen-bond donors (Lipinski definition) is 1. The minimum Gasteiger partial charge on any atom is -0.487 e. The lowest BCUT2D eigenvalue weighted by Gasteiger charge is -2.17. The molecule has 4 nitrogen and oxygen atoms in total. The fraction of sp³-hybridized carbons (Fsp3) is 0.308. The van der Waals surface area contributed by atoms with Crippen LogP contribution in [0.1, 0.15) is 19.4 Å². The van der Waals surface area contributed by atoms with Crippen LogP contribution >= 0.6 is 15.9 Å². The fourth-order valence-electron chi connectivity index (χ4n) is 2.28. The number of aromatic nitrogens is 1. The van der Waals surface area contributed by atoms with Gasteiger partial charge in [-0.15, -0.1) is 0 Å². The van der Waals surface area contributed by atoms with Crippen LogP contribution in [0, 0.1) is 0 Å². The summed E-state index contributed by atoms with van der Waals surface area (Å²) in [6.07, 6.45) is 0.877. The molecule has 18 heavy (non-hydrogen) atoms. The summed E-state index contributed by atoms with van der Waals surface area (Å²) in [6.45, 7) is 4.14. The van der Waals surface area contributed by atoms with Crippen molar-refractivity contribution < 1.29 is 9.26 Å². The zero-order valence-electron chi connectivity index (χ0n) is 10.2. The first-order valence-electron chi connectivity index (χ1n) is 5.69. The summed E-state index contributed by atoms with van der Waals surface area (Å²) in [6, 6.07) is 5.76. The van der Waals surface area contributed by atoms with E-state index < -0.39 is 0 Å². The standard InChI is InChI=1S/C13H13BrN2O2/c1-13(2)6-7-3-8(14)4-9(12(7)17-13)10-5-11(15)18-16-10/h3-5H,6,15H2,1-2H3. The van der Waals surface area contributed by atoms with Gasteiger partial charge in [-0.05, 0) is 31.5 Å². The lowest BCUT2D eigenvalue weighted by atomic mass is 10.00. The summed E-state index contributed by atoms with van der Waals surface area (Å²) in [5, 5.41) is 3.95. The van der Waals surface area contributed by atoms with E-state index in [4.69, 9.17) is 15.0 Å². The molecular weight excluding hydrogens is 296 g/mol. The van der Waals surface area contributed by atoms with Crippen LogP contribution in [0.15, 0.2) is 27.2 Å². The largest absolute Gasteiger partial charge is 0.487 e. The molecule has 0 unspecified atom stereocenters. The summed E-state index contributed by atoms with van der Waals surface area (Å²) in [4.78, 5) is 0. The second kappa shape index (κ2) is 3.75. The summed E-state index contributed by atoms with van der Waals surface area (Å²) in [7, 11) is 0. The van der Waals surface area contributed by atoms with Crippen LogP contribution < -0.4 is 10.5 Å². The molecule has 2 N–H and O–H groups in total. The number of halogens is 1. The number of rotatable bonds is 1. The van der Waals surface area contributed by atoms with E-state index in [-0.39, 0.29) is 5.60 Å². The van der Waals surface area contributed by atoms with E-state index in [1.54, 1.807) is 6.07 Å². The van der Waals surface area contributed by atoms with Crippen molar-refractivity contribution in [2.75, 3.05) is 5.73 Å². The van der Waals surface area contributed by atoms with Crippen molar-refractivity contribution in [3.63, 3.8) is 0 Å². The number of nitrogens with two attached hydrogens (primary N) is 1. The summed E-state index contributed by atoms with van der Waals surface area (Å²) in [5.41, 5.74) is 8.16. The van der Waals surface area contributed by atoms with Gasteiger partial charge in [0.25, 0.3) is 0 Å². The quantitative estimate of drug-likeness (QED) is 0.877. The normalized spacial score (nSPS) is 16.4. The number of ether oxygens (including phenoxy) is 1. The minimum absolute atomic E-state index is 0.187. The molecule has 1 aromatic heterocycles. The van der Waals surface area contributed by atoms with Gasteiger partial charge in [-0.1, -0.05) is 21.1 Å². The predicted octanol–water partition coefficient (Wildman–Crippen LogP) is 3.40. The first-order chi connectivity index (χ1) is 8.44. The van der Waals surface area contributed by atoms with Crippen LogP contribution in [0.25, 0.3) is 11.3 Å². The number of nitrogen functional groups attached to an aromatic ring is 1. The average Bonchev–Trinajstić information content (AvgIpc) is 2.79. The van der Waals surface area contributed by atoms with Crippen molar-refractivity contribution in [2.24, 2.45) is 0 Å². The highest BCUT2D eigenvalue weighted by Gasteiger charge is 2.33. The molecule has 0 bridgehead atoms. The first-order valence-corrected chi connectivity index (χ1v) is 6.48. The van der Waals surface area contributed by atoms with Gasteiger partial charge in [0.2, 0.25) is 5.88 Å². The Balaban J connectivity index is 2.17. The molecule has 0 amide bonds. The van der Waals surface area contributed by atoms with E-state index in [1.165, 1.54) is 5.56 Å². The molecule has 2 aromatic rings. The van der Waals surface area contributed by atoms with Crippen LogP contribution in [0.4, 0.5) is 5.88 Å². The Morgan fingerprint density at radius 1 is 1.33 bits per heavy atom. The molecule has 0 aliphatic carbocycles. The van der Waals surface area contributed by atoms with Gasteiger partial charge in [0, 0.05) is 22.5 Å². The van der Waals surface area contributed by atoms with Gasteiger partial charge in [-0.25, -0.2) is 0 Å². The Bertz CT molecular complexity index is 619. The monoisotopic (exact) mass is 308 g/mol. The van der Waals surface area contributed by atoms with Crippen LogP contribution in [-0.4, -0.2) is 10.8 Å². The first kappa shape index (κ1) is 11.6. The summed E-state index contributed by atoms with van der Waals surface area (Å²) in [5.74, 6) is 1.17. The zero-order chi connectivity index (χ0) is 12.9. The van der Waals surface area contributed by atoms with Crippen molar-refractivity contribution in [1.82, 2.24) is 5.16 Å². The van der Waals surface area contributed by atoms with Crippen molar-refractivity contribution >= 4 is 21.8 Å². The number of fused-ring (bicyclic) bond motifs is 1. The molecule has 0 fully saturated rings. The lowest BCUT2D eigenvalue weighted by molar-refractivity contribution is 0.139. The second-order valence-electron chi connectivity index (χ2n) is 5.09. The Labute approximate surface area is 113 Å². The third-order valence-electron chi connectivity index (χ3n) is 2.93. The Kier molecular flexibility index (Phi) is 2.41. The molecule has 0 radical (unpaired) electrons. The number of benzene rings is 1. The molecular formula is C13H13BrN2O2. The average molecular weight is 309 g/mol. The van der Waals surface area contributed by atoms with Gasteiger partial charge in [0.1, 0.15) is 17.0 Å². The van der Waals surface area contributed by atoms with E-state index in [0.717, 1.165) is 22.2 Å². The van der Waals surface area contributed by atoms with E-state index in [0.29, 0.717) is 11.6 Å². The maximum Gasteiger partial charge on any atom is 0.222 e. The Hall–Kier alpha value is -1.49. The van der Waals surface area contributed by atoms with Crippen LogP contribution in [0.3, 0.4) is 0 Å². The van der Waals surface area contributed by atoms with Crippen molar-refractivity contribution in [2.45, 2.75) is 25.9 Å². The van der Waals surface area contributed by atoms with Crippen LogP contribution in [0.2, 0.25) is 0 Å². The minimum atomic E-state index is -0.187. The smallest absolute Gasteiger partial charge is 0.222 e. The Morgan fingerprint density at radius 3 is 2.78 bits per heavy atom. The molecule has 94 valence electrons. The SMILES string of the molecule is CC1(C)Cc2cc(Br)cc(-c3cc(N)on3)c2O1. The van der Waals surface area contributed by atoms with Gasteiger partial charge in [0.05, 0.1) is 0 Å². The van der Waals surface area contributed by atoms with E-state index in [2.05, 4.69) is 41.0 Å². The molecule has 0 spiro atoms. The zero-order valence-corrected chi connectivity index (χ0v) is 11.7. The van der Waals surface area contributed by atoms with Crippen molar-refractivity contribution in [3.05, 3.63) is 28.2 Å². The lowest BCUT2D eigenvalue weighted by Crippen LogP contribution is -2.24. The summed E-state index contributed by atoms with van der Waals surface area (Å²) < 4.78 is 11.9. The Morgan fingerprint density at radius 2 is 2.11 bits per heavy atom. The molecule has 1 aromatic carbocycles. The van der Waals surface area contributed by atoms with E-state index in [9.17, 15) is 0 Å². The predicted molar refractivity (Wildman–Crippen MR) is 72.5 cm³/mol.